The van der Waals surface area contributed by atoms with E-state index >= 15 is 0 Å². The van der Waals surface area contributed by atoms with Crippen LogP contribution in [0.25, 0.3) is 0 Å². The number of hydrogen-bond acceptors (Lipinski definition) is 1. The van der Waals surface area contributed by atoms with Crippen LogP contribution in [0.3, 0.4) is 0 Å². The molecule has 2 bridgehead atoms. The molecule has 0 aromatic carbocycles. The van der Waals surface area contributed by atoms with Crippen LogP contribution in [-0.2, 0) is 3.79 Å². The van der Waals surface area contributed by atoms with Gasteiger partial charge in [-0.05, 0) is 0 Å². The first-order chi connectivity index (χ1) is 5.52. The third-order valence-electron chi connectivity index (χ3n) is 4.88. The van der Waals surface area contributed by atoms with E-state index in [9.17, 15) is 0 Å². The van der Waals surface area contributed by atoms with Crippen molar-refractivity contribution in [3.05, 3.63) is 0 Å². The summed E-state index contributed by atoms with van der Waals surface area (Å²) < 4.78 is 5.50. The molecule has 0 heterocycles. The molecule has 0 aliphatic heterocycles. The third kappa shape index (κ3) is 0.843. The number of hydrogen-bond donors (Lipinski definition) is 0. The van der Waals surface area contributed by atoms with Crippen molar-refractivity contribution >= 4 is 16.6 Å². The van der Waals surface area contributed by atoms with Gasteiger partial charge in [0.2, 0.25) is 0 Å². The molecule has 2 saturated carbocycles. The van der Waals surface area contributed by atoms with Crippen LogP contribution in [-0.4, -0.2) is 22.7 Å². The topological polar surface area (TPSA) is 9.23 Å². The minimum atomic E-state index is 0.430. The van der Waals surface area contributed by atoms with Gasteiger partial charge in [0.1, 0.15) is 0 Å². The van der Waals surface area contributed by atoms with Crippen LogP contribution in [0.5, 0.6) is 0 Å². The molecular formula is C10H17AlO+2. The summed E-state index contributed by atoms with van der Waals surface area (Å²) in [7, 11) is 0. The Kier molecular flexibility index (Phi) is 1.89. The van der Waals surface area contributed by atoms with E-state index < -0.39 is 0 Å². The van der Waals surface area contributed by atoms with Crippen LogP contribution < -0.4 is 0 Å². The Balaban J connectivity index is 2.33. The summed E-state index contributed by atoms with van der Waals surface area (Å²) in [5.41, 5.74) is 0.924. The van der Waals surface area contributed by atoms with Crippen molar-refractivity contribution in [3.63, 3.8) is 0 Å². The summed E-state index contributed by atoms with van der Waals surface area (Å²) in [4.78, 5) is 0. The van der Waals surface area contributed by atoms with E-state index in [1.54, 1.807) is 0 Å². The molecule has 0 spiro atoms. The van der Waals surface area contributed by atoms with Crippen molar-refractivity contribution in [2.24, 2.45) is 16.7 Å². The Hall–Kier alpha value is 0.492. The van der Waals surface area contributed by atoms with Gasteiger partial charge in [-0.15, -0.1) is 0 Å². The molecule has 2 heteroatoms. The number of rotatable bonds is 1. The van der Waals surface area contributed by atoms with E-state index in [1.807, 2.05) is 0 Å². The Labute approximate surface area is 83.6 Å². The molecule has 12 heavy (non-hydrogen) atoms. The van der Waals surface area contributed by atoms with E-state index in [0.29, 0.717) is 16.9 Å². The van der Waals surface area contributed by atoms with Gasteiger partial charge in [-0.2, -0.15) is 0 Å². The molecule has 0 saturated heterocycles. The maximum atomic E-state index is 5.50. The van der Waals surface area contributed by atoms with Gasteiger partial charge in [-0.3, -0.25) is 0 Å². The van der Waals surface area contributed by atoms with Gasteiger partial charge in [0.25, 0.3) is 0 Å². The second-order valence-electron chi connectivity index (χ2n) is 5.24. The molecule has 2 aliphatic rings. The van der Waals surface area contributed by atoms with Crippen LogP contribution in [0, 0.1) is 16.7 Å². The fraction of sp³-hybridized carbons (Fsp3) is 1.00. The predicted octanol–water partition coefficient (Wildman–Crippen LogP) is 2.30. The molecular weight excluding hydrogens is 163 g/mol. The summed E-state index contributed by atoms with van der Waals surface area (Å²) in [6.45, 7) is 7.22. The van der Waals surface area contributed by atoms with Crippen molar-refractivity contribution in [2.45, 2.75) is 46.1 Å². The average molecular weight is 180 g/mol. The van der Waals surface area contributed by atoms with Crippen molar-refractivity contribution in [3.8, 4) is 0 Å². The van der Waals surface area contributed by atoms with Crippen LogP contribution in [0.2, 0.25) is 0 Å². The fourth-order valence-corrected chi connectivity index (χ4v) is 3.75. The minimum absolute atomic E-state index is 0.430. The molecule has 1 nitrogen and oxygen atoms in total. The predicted molar refractivity (Wildman–Crippen MR) is 49.9 cm³/mol. The first kappa shape index (κ1) is 9.06. The molecule has 0 amide bonds. The summed E-state index contributed by atoms with van der Waals surface area (Å²) in [6.07, 6.45) is 4.52. The second kappa shape index (κ2) is 2.50. The summed E-state index contributed by atoms with van der Waals surface area (Å²) in [5, 5.41) is 0. The first-order valence-electron chi connectivity index (χ1n) is 4.88. The molecule has 64 valence electrons. The van der Waals surface area contributed by atoms with Crippen LogP contribution in [0.1, 0.15) is 40.0 Å². The van der Waals surface area contributed by atoms with Gasteiger partial charge >= 0.3 is 83.3 Å². The summed E-state index contributed by atoms with van der Waals surface area (Å²) in [6, 6.07) is 0. The van der Waals surface area contributed by atoms with E-state index in [4.69, 9.17) is 3.79 Å². The van der Waals surface area contributed by atoms with Crippen LogP contribution in [0.4, 0.5) is 0 Å². The zero-order valence-corrected chi connectivity index (χ0v) is 9.42. The summed E-state index contributed by atoms with van der Waals surface area (Å²) >= 11 is 2.44. The molecule has 3 atom stereocenters. The summed E-state index contributed by atoms with van der Waals surface area (Å²) in [5.74, 6) is 0.896. The molecule has 2 rings (SSSR count). The SMILES string of the molecule is CC1(C)C2CCC1(C)C([O][Al+2])C2. The van der Waals surface area contributed by atoms with Gasteiger partial charge < -0.3 is 0 Å². The quantitative estimate of drug-likeness (QED) is 0.563. The fourth-order valence-electron chi connectivity index (χ4n) is 3.34. The monoisotopic (exact) mass is 180 g/mol. The molecule has 0 N–H and O–H groups in total. The molecule has 0 radical (unpaired) electrons. The van der Waals surface area contributed by atoms with Gasteiger partial charge in [0.15, 0.2) is 0 Å². The Morgan fingerprint density at radius 3 is 2.25 bits per heavy atom. The first-order valence-corrected chi connectivity index (χ1v) is 5.35. The van der Waals surface area contributed by atoms with Crippen molar-refractivity contribution in [1.82, 2.24) is 0 Å². The Bertz CT molecular complexity index is 202. The van der Waals surface area contributed by atoms with E-state index in [1.165, 1.54) is 19.3 Å². The van der Waals surface area contributed by atoms with Gasteiger partial charge in [-0.25, -0.2) is 0 Å². The number of fused-ring (bicyclic) bond motifs is 2. The molecule has 3 unspecified atom stereocenters. The van der Waals surface area contributed by atoms with Crippen molar-refractivity contribution < 1.29 is 3.79 Å². The molecule has 2 aliphatic carbocycles. The molecule has 0 aromatic heterocycles. The van der Waals surface area contributed by atoms with Gasteiger partial charge in [-0.1, -0.05) is 0 Å². The normalized spacial score (nSPS) is 50.1. The standard InChI is InChI=1S/C10H17O.Al/c1-9(2)7-4-5-10(9,3)8(11)6-7;/h7-8H,4-6H2,1-3H3;/q-1;+3. The van der Waals surface area contributed by atoms with Crippen LogP contribution in [0.15, 0.2) is 0 Å². The van der Waals surface area contributed by atoms with Gasteiger partial charge in [0.05, 0.1) is 0 Å². The average Bonchev–Trinajstić information content (AvgIpc) is 2.34. The van der Waals surface area contributed by atoms with E-state index in [2.05, 4.69) is 37.4 Å². The third-order valence-corrected chi connectivity index (χ3v) is 5.21. The van der Waals surface area contributed by atoms with Gasteiger partial charge in [0, 0.05) is 0 Å². The molecule has 2 fully saturated rings. The Morgan fingerprint density at radius 2 is 2.00 bits per heavy atom. The zero-order valence-electron chi connectivity index (χ0n) is 8.26. The second-order valence-corrected chi connectivity index (χ2v) is 5.51. The zero-order chi connectivity index (χ0) is 8.98. The van der Waals surface area contributed by atoms with Crippen molar-refractivity contribution in [2.75, 3.05) is 0 Å². The van der Waals surface area contributed by atoms with E-state index in [-0.39, 0.29) is 0 Å². The van der Waals surface area contributed by atoms with Crippen LogP contribution >= 0.6 is 0 Å². The maximum absolute atomic E-state index is 5.50. The Morgan fingerprint density at radius 1 is 1.33 bits per heavy atom. The van der Waals surface area contributed by atoms with E-state index in [0.717, 1.165) is 5.92 Å². The molecule has 0 aromatic rings. The van der Waals surface area contributed by atoms with Crippen molar-refractivity contribution in [1.29, 1.82) is 0 Å².